The van der Waals surface area contributed by atoms with E-state index < -0.39 is 23.4 Å². The van der Waals surface area contributed by atoms with E-state index in [4.69, 9.17) is 11.6 Å². The van der Waals surface area contributed by atoms with Crippen molar-refractivity contribution in [3.8, 4) is 0 Å². The van der Waals surface area contributed by atoms with E-state index in [2.05, 4.69) is 11.4 Å². The molecule has 3 heterocycles. The van der Waals surface area contributed by atoms with E-state index in [0.717, 1.165) is 22.4 Å². The van der Waals surface area contributed by atoms with Crippen LogP contribution in [0.2, 0.25) is 5.02 Å². The Labute approximate surface area is 208 Å². The number of carbonyl (C=O) groups is 3. The van der Waals surface area contributed by atoms with Gasteiger partial charge in [-0.05, 0) is 61.4 Å². The molecule has 174 valence electrons. The highest BCUT2D eigenvalue weighted by molar-refractivity contribution is 6.30. The van der Waals surface area contributed by atoms with Gasteiger partial charge in [0.15, 0.2) is 11.6 Å². The third-order valence-corrected chi connectivity index (χ3v) is 7.96. The first-order chi connectivity index (χ1) is 16.9. The Morgan fingerprint density at radius 2 is 1.66 bits per heavy atom. The number of para-hydroxylation sites is 2. The smallest absolute Gasteiger partial charge is 0.238 e. The van der Waals surface area contributed by atoms with E-state index in [1.165, 1.54) is 6.92 Å². The number of nitrogens with one attached hydrogen (secondary N) is 1. The summed E-state index contributed by atoms with van der Waals surface area (Å²) >= 11 is 6.09. The SMILES string of the molecule is CC(=O)[C@H]1[C@@H](C(=O)c2ccc(Cl)cc2)[C@]2(C(=O)Nc3ccccc32)[C@@H]2C=C(C)c3ccccc3N21. The van der Waals surface area contributed by atoms with Crippen LogP contribution >= 0.6 is 11.6 Å². The first-order valence-corrected chi connectivity index (χ1v) is 12.0. The van der Waals surface area contributed by atoms with Gasteiger partial charge in [-0.15, -0.1) is 0 Å². The van der Waals surface area contributed by atoms with Crippen molar-refractivity contribution in [3.05, 3.63) is 101 Å². The van der Waals surface area contributed by atoms with E-state index >= 15 is 0 Å². The van der Waals surface area contributed by atoms with Gasteiger partial charge >= 0.3 is 0 Å². The Balaban J connectivity index is 1.68. The molecule has 0 bridgehead atoms. The van der Waals surface area contributed by atoms with Gasteiger partial charge in [0.2, 0.25) is 5.91 Å². The van der Waals surface area contributed by atoms with Crippen LogP contribution in [-0.4, -0.2) is 29.6 Å². The molecule has 6 rings (SSSR count). The zero-order valence-electron chi connectivity index (χ0n) is 19.3. The largest absolute Gasteiger partial charge is 0.352 e. The molecule has 5 nitrogen and oxygen atoms in total. The molecule has 1 fully saturated rings. The van der Waals surface area contributed by atoms with Crippen molar-refractivity contribution in [2.75, 3.05) is 10.2 Å². The van der Waals surface area contributed by atoms with Crippen LogP contribution in [0, 0.1) is 5.92 Å². The summed E-state index contributed by atoms with van der Waals surface area (Å²) in [5.74, 6) is -1.58. The van der Waals surface area contributed by atoms with Crippen LogP contribution in [0.4, 0.5) is 11.4 Å². The van der Waals surface area contributed by atoms with Crippen molar-refractivity contribution in [2.24, 2.45) is 5.92 Å². The number of fused-ring (bicyclic) bond motifs is 6. The zero-order valence-corrected chi connectivity index (χ0v) is 20.0. The monoisotopic (exact) mass is 482 g/mol. The number of amides is 1. The van der Waals surface area contributed by atoms with E-state index in [-0.39, 0.29) is 17.5 Å². The summed E-state index contributed by atoms with van der Waals surface area (Å²) < 4.78 is 0. The molecule has 0 aromatic heterocycles. The number of ketones is 2. The van der Waals surface area contributed by atoms with Crippen molar-refractivity contribution in [1.82, 2.24) is 0 Å². The van der Waals surface area contributed by atoms with E-state index in [0.29, 0.717) is 16.3 Å². The van der Waals surface area contributed by atoms with Gasteiger partial charge in [-0.3, -0.25) is 14.4 Å². The Hall–Kier alpha value is -3.70. The first kappa shape index (κ1) is 21.8. The summed E-state index contributed by atoms with van der Waals surface area (Å²) in [6, 6.07) is 20.7. The molecule has 3 aliphatic rings. The van der Waals surface area contributed by atoms with Crippen molar-refractivity contribution in [3.63, 3.8) is 0 Å². The average Bonchev–Trinajstić information content (AvgIpc) is 3.32. The predicted octanol–water partition coefficient (Wildman–Crippen LogP) is 5.29. The summed E-state index contributed by atoms with van der Waals surface area (Å²) in [4.78, 5) is 43.7. The van der Waals surface area contributed by atoms with Gasteiger partial charge in [-0.2, -0.15) is 0 Å². The average molecular weight is 483 g/mol. The topological polar surface area (TPSA) is 66.5 Å². The van der Waals surface area contributed by atoms with Gasteiger partial charge in [0.1, 0.15) is 5.41 Å². The molecular weight excluding hydrogens is 460 g/mol. The third kappa shape index (κ3) is 2.85. The molecule has 0 unspecified atom stereocenters. The lowest BCUT2D eigenvalue weighted by Gasteiger charge is -2.39. The van der Waals surface area contributed by atoms with Crippen LogP contribution < -0.4 is 10.2 Å². The maximum absolute atomic E-state index is 14.3. The lowest BCUT2D eigenvalue weighted by molar-refractivity contribution is -0.122. The molecule has 0 radical (unpaired) electrons. The van der Waals surface area contributed by atoms with Crippen molar-refractivity contribution < 1.29 is 14.4 Å². The van der Waals surface area contributed by atoms with Crippen LogP contribution in [0.3, 0.4) is 0 Å². The molecule has 3 aliphatic heterocycles. The highest BCUT2D eigenvalue weighted by atomic mass is 35.5. The Kier molecular flexibility index (Phi) is 4.77. The number of allylic oxidation sites excluding steroid dienone is 1. The lowest BCUT2D eigenvalue weighted by Crippen LogP contribution is -2.51. The van der Waals surface area contributed by atoms with Crippen LogP contribution in [0.5, 0.6) is 0 Å². The minimum atomic E-state index is -1.27. The second-order valence-corrected chi connectivity index (χ2v) is 9.93. The minimum Gasteiger partial charge on any atom is -0.352 e. The molecular formula is C29H23ClN2O3. The molecule has 1 saturated heterocycles. The van der Waals surface area contributed by atoms with Gasteiger partial charge < -0.3 is 10.2 Å². The number of anilines is 2. The summed E-state index contributed by atoms with van der Waals surface area (Å²) in [5.41, 5.74) is 3.46. The normalized spacial score (nSPS) is 26.0. The number of hydrogen-bond donors (Lipinski definition) is 1. The van der Waals surface area contributed by atoms with Crippen molar-refractivity contribution in [1.29, 1.82) is 0 Å². The van der Waals surface area contributed by atoms with E-state index in [1.54, 1.807) is 24.3 Å². The minimum absolute atomic E-state index is 0.154. The standard InChI is InChI=1S/C29H23ClN2O3/c1-16-15-24-29(21-8-4-5-9-22(21)31-28(29)35)25(27(34)18-11-13-19(30)14-12-18)26(17(2)33)32(24)23-10-6-3-7-20(16)23/h3-15,24-26H,1-2H3,(H,31,35)/t24-,25-,26-,29+/m0/s1. The summed E-state index contributed by atoms with van der Waals surface area (Å²) in [7, 11) is 0. The third-order valence-electron chi connectivity index (χ3n) is 7.71. The fourth-order valence-corrected chi connectivity index (χ4v) is 6.46. The number of carbonyl (C=O) groups excluding carboxylic acids is 3. The number of rotatable bonds is 3. The molecule has 1 N–H and O–H groups in total. The number of hydrogen-bond acceptors (Lipinski definition) is 4. The number of nitrogens with zero attached hydrogens (tertiary/aromatic N) is 1. The van der Waals surface area contributed by atoms with Crippen LogP contribution in [0.25, 0.3) is 5.57 Å². The second-order valence-electron chi connectivity index (χ2n) is 9.49. The van der Waals surface area contributed by atoms with Crippen molar-refractivity contribution >= 4 is 46.0 Å². The molecule has 3 aromatic carbocycles. The number of benzene rings is 3. The quantitative estimate of drug-likeness (QED) is 0.515. The number of halogens is 1. The lowest BCUT2D eigenvalue weighted by atomic mass is 9.64. The Morgan fingerprint density at radius 1 is 0.971 bits per heavy atom. The molecule has 1 amide bonds. The molecule has 6 heteroatoms. The van der Waals surface area contributed by atoms with Gasteiger partial charge in [-0.1, -0.05) is 54.1 Å². The van der Waals surface area contributed by atoms with E-state index in [9.17, 15) is 14.4 Å². The van der Waals surface area contributed by atoms with Gasteiger partial charge in [0.25, 0.3) is 0 Å². The predicted molar refractivity (Wildman–Crippen MR) is 137 cm³/mol. The van der Waals surface area contributed by atoms with Crippen LogP contribution in [0.15, 0.2) is 78.9 Å². The Bertz CT molecular complexity index is 1440. The molecule has 1 spiro atoms. The van der Waals surface area contributed by atoms with Gasteiger partial charge in [-0.25, -0.2) is 0 Å². The first-order valence-electron chi connectivity index (χ1n) is 11.6. The van der Waals surface area contributed by atoms with Crippen LogP contribution in [0.1, 0.15) is 35.3 Å². The molecule has 4 atom stereocenters. The maximum atomic E-state index is 14.3. The maximum Gasteiger partial charge on any atom is 0.238 e. The van der Waals surface area contributed by atoms with Crippen molar-refractivity contribution in [2.45, 2.75) is 31.3 Å². The van der Waals surface area contributed by atoms with Gasteiger partial charge in [0.05, 0.1) is 18.0 Å². The molecule has 3 aromatic rings. The summed E-state index contributed by atoms with van der Waals surface area (Å²) in [6.45, 7) is 3.52. The Morgan fingerprint density at radius 3 is 2.40 bits per heavy atom. The van der Waals surface area contributed by atoms with Gasteiger partial charge in [0, 0.05) is 27.5 Å². The molecule has 35 heavy (non-hydrogen) atoms. The second kappa shape index (κ2) is 7.65. The molecule has 0 aliphatic carbocycles. The van der Waals surface area contributed by atoms with E-state index in [1.807, 2.05) is 60.4 Å². The summed E-state index contributed by atoms with van der Waals surface area (Å²) in [5, 5.41) is 3.54. The fraction of sp³-hybridized carbons (Fsp3) is 0.207. The number of Topliss-reactive ketones (excluding diaryl/α,β-unsaturated/α-hetero) is 2. The van der Waals surface area contributed by atoms with Crippen LogP contribution in [-0.2, 0) is 15.0 Å². The molecule has 0 saturated carbocycles. The zero-order chi connectivity index (χ0) is 24.5. The highest BCUT2D eigenvalue weighted by Crippen LogP contribution is 2.58. The fourth-order valence-electron chi connectivity index (χ4n) is 6.33. The summed E-state index contributed by atoms with van der Waals surface area (Å²) in [6.07, 6.45) is 2.05. The highest BCUT2D eigenvalue weighted by Gasteiger charge is 2.70.